The van der Waals surface area contributed by atoms with Crippen LogP contribution in [0.5, 0.6) is 0 Å². The Bertz CT molecular complexity index is 1060. The van der Waals surface area contributed by atoms with E-state index in [1.807, 2.05) is 0 Å². The number of allylic oxidation sites excluding steroid dienone is 8. The van der Waals surface area contributed by atoms with Crippen LogP contribution in [0.3, 0.4) is 0 Å². The topological polar surface area (TPSA) is 61.8 Å². The molecule has 0 aliphatic carbocycles. The fourth-order valence-corrected chi connectivity index (χ4v) is 8.09. The van der Waals surface area contributed by atoms with E-state index in [0.717, 1.165) is 57.8 Å². The van der Waals surface area contributed by atoms with E-state index in [9.17, 15) is 9.59 Å². The Morgan fingerprint density at radius 1 is 0.344 bits per heavy atom. The van der Waals surface area contributed by atoms with Gasteiger partial charge in [-0.2, -0.15) is 0 Å². The first kappa shape index (κ1) is 61.9. The van der Waals surface area contributed by atoms with Crippen LogP contribution in [0, 0.1) is 0 Å². The van der Waals surface area contributed by atoms with Gasteiger partial charge in [0.25, 0.3) is 0 Å². The van der Waals surface area contributed by atoms with Crippen molar-refractivity contribution < 1.29 is 23.8 Å². The van der Waals surface area contributed by atoms with Crippen LogP contribution in [0.4, 0.5) is 0 Å². The van der Waals surface area contributed by atoms with Gasteiger partial charge in [0.2, 0.25) is 0 Å². The lowest BCUT2D eigenvalue weighted by Gasteiger charge is -2.18. The summed E-state index contributed by atoms with van der Waals surface area (Å²) in [6.07, 6.45) is 68.4. The summed E-state index contributed by atoms with van der Waals surface area (Å²) in [6.45, 7) is 7.77. The Morgan fingerprint density at radius 2 is 0.703 bits per heavy atom. The van der Waals surface area contributed by atoms with Crippen LogP contribution in [0.1, 0.15) is 290 Å². The molecular formula is C59H108O5. The number of unbranched alkanes of at least 4 members (excludes halogenated alkanes) is 33. The molecule has 64 heavy (non-hydrogen) atoms. The number of carbonyl (C=O) groups is 2. The first-order chi connectivity index (χ1) is 31.6. The van der Waals surface area contributed by atoms with E-state index in [-0.39, 0.29) is 25.2 Å². The van der Waals surface area contributed by atoms with Crippen molar-refractivity contribution in [3.63, 3.8) is 0 Å². The van der Waals surface area contributed by atoms with Crippen LogP contribution >= 0.6 is 0 Å². The van der Waals surface area contributed by atoms with Crippen LogP contribution < -0.4 is 0 Å². The van der Waals surface area contributed by atoms with E-state index in [4.69, 9.17) is 14.2 Å². The average molecular weight is 898 g/mol. The Balaban J connectivity index is 4.28. The molecule has 0 rings (SSSR count). The lowest BCUT2D eigenvalue weighted by molar-refractivity contribution is -0.163. The summed E-state index contributed by atoms with van der Waals surface area (Å²) < 4.78 is 17.4. The van der Waals surface area contributed by atoms with Crippen LogP contribution in [0.2, 0.25) is 0 Å². The van der Waals surface area contributed by atoms with Crippen molar-refractivity contribution in [3.05, 3.63) is 48.6 Å². The first-order valence-corrected chi connectivity index (χ1v) is 28.2. The van der Waals surface area contributed by atoms with Gasteiger partial charge in [-0.1, -0.05) is 243 Å². The van der Waals surface area contributed by atoms with E-state index < -0.39 is 6.10 Å². The molecule has 0 fully saturated rings. The summed E-state index contributed by atoms with van der Waals surface area (Å²) in [5, 5.41) is 0. The molecular weight excluding hydrogens is 789 g/mol. The molecule has 0 aromatic heterocycles. The lowest BCUT2D eigenvalue weighted by Crippen LogP contribution is -2.30. The lowest BCUT2D eigenvalue weighted by atomic mass is 10.0. The molecule has 0 saturated carbocycles. The Morgan fingerprint density at radius 3 is 1.17 bits per heavy atom. The quantitative estimate of drug-likeness (QED) is 0.0346. The standard InChI is InChI=1S/C59H108O5/c1-4-7-10-13-16-19-22-25-28-29-30-33-36-39-42-45-48-51-54-62-55-57(64-59(61)53-50-47-44-41-38-35-32-27-24-21-18-15-12-9-6-3)56-63-58(60)52-49-46-43-40-37-34-31-26-23-20-17-14-11-8-5-2/h10,13,22,24-25,27,35,38,57H,4-9,11-12,14-21,23,26,28-34,36-37,39-56H2,1-3H3/b13-10+,25-22+,27-24+,38-35+. The molecule has 0 aromatic carbocycles. The fraction of sp³-hybridized carbons (Fsp3) is 0.831. The number of hydrogen-bond donors (Lipinski definition) is 0. The molecule has 5 heteroatoms. The SMILES string of the molecule is CCC/C=C/CC/C=C/CCCCCCCCCCCOCC(COC(=O)CCCCCCCCCCCCCCCCC)OC(=O)CCCCC/C=C/C/C=C/CCCCCCC. The molecule has 0 radical (unpaired) electrons. The minimum atomic E-state index is -0.548. The van der Waals surface area contributed by atoms with Gasteiger partial charge >= 0.3 is 11.9 Å². The number of rotatable bonds is 52. The molecule has 0 N–H and O–H groups in total. The summed E-state index contributed by atoms with van der Waals surface area (Å²) in [4.78, 5) is 25.5. The largest absolute Gasteiger partial charge is 0.462 e. The number of ether oxygens (including phenoxy) is 3. The zero-order valence-electron chi connectivity index (χ0n) is 43.1. The minimum absolute atomic E-state index is 0.0778. The molecule has 0 aromatic rings. The average Bonchev–Trinajstić information content (AvgIpc) is 3.30. The van der Waals surface area contributed by atoms with E-state index in [2.05, 4.69) is 69.4 Å². The fourth-order valence-electron chi connectivity index (χ4n) is 8.09. The van der Waals surface area contributed by atoms with Crippen molar-refractivity contribution >= 4 is 11.9 Å². The van der Waals surface area contributed by atoms with Gasteiger partial charge < -0.3 is 14.2 Å². The van der Waals surface area contributed by atoms with E-state index in [0.29, 0.717) is 19.4 Å². The number of carbonyl (C=O) groups excluding carboxylic acids is 2. The summed E-state index contributed by atoms with van der Waals surface area (Å²) in [5.41, 5.74) is 0. The van der Waals surface area contributed by atoms with Gasteiger partial charge in [-0.15, -0.1) is 0 Å². The van der Waals surface area contributed by atoms with Crippen molar-refractivity contribution in [3.8, 4) is 0 Å². The highest BCUT2D eigenvalue weighted by Gasteiger charge is 2.17. The molecule has 1 atom stereocenters. The van der Waals surface area contributed by atoms with Gasteiger partial charge in [0.1, 0.15) is 6.61 Å². The molecule has 0 saturated heterocycles. The van der Waals surface area contributed by atoms with Gasteiger partial charge in [-0.3, -0.25) is 9.59 Å². The summed E-state index contributed by atoms with van der Waals surface area (Å²) >= 11 is 0. The molecule has 0 aliphatic heterocycles. The molecule has 0 aliphatic rings. The third-order valence-electron chi connectivity index (χ3n) is 12.3. The summed E-state index contributed by atoms with van der Waals surface area (Å²) in [7, 11) is 0. The molecule has 5 nitrogen and oxygen atoms in total. The van der Waals surface area contributed by atoms with Gasteiger partial charge in [-0.25, -0.2) is 0 Å². The Labute approximate surface area is 399 Å². The van der Waals surface area contributed by atoms with Crippen molar-refractivity contribution in [1.82, 2.24) is 0 Å². The maximum absolute atomic E-state index is 12.8. The highest BCUT2D eigenvalue weighted by Crippen LogP contribution is 2.16. The zero-order valence-corrected chi connectivity index (χ0v) is 43.1. The molecule has 0 heterocycles. The van der Waals surface area contributed by atoms with E-state index >= 15 is 0 Å². The highest BCUT2D eigenvalue weighted by atomic mass is 16.6. The van der Waals surface area contributed by atoms with Crippen molar-refractivity contribution in [2.24, 2.45) is 0 Å². The van der Waals surface area contributed by atoms with Crippen LogP contribution in [0.25, 0.3) is 0 Å². The van der Waals surface area contributed by atoms with Crippen molar-refractivity contribution in [2.75, 3.05) is 19.8 Å². The minimum Gasteiger partial charge on any atom is -0.462 e. The smallest absolute Gasteiger partial charge is 0.306 e. The highest BCUT2D eigenvalue weighted by molar-refractivity contribution is 5.70. The summed E-state index contributed by atoms with van der Waals surface area (Å²) in [5.74, 6) is -0.412. The number of hydrogen-bond acceptors (Lipinski definition) is 5. The predicted octanol–water partition coefficient (Wildman–Crippen LogP) is 19.1. The Kier molecular flexibility index (Phi) is 53.3. The molecule has 374 valence electrons. The maximum atomic E-state index is 12.8. The summed E-state index contributed by atoms with van der Waals surface area (Å²) in [6, 6.07) is 0. The van der Waals surface area contributed by atoms with E-state index in [1.165, 1.54) is 199 Å². The van der Waals surface area contributed by atoms with Gasteiger partial charge in [0.15, 0.2) is 6.10 Å². The third-order valence-corrected chi connectivity index (χ3v) is 12.3. The van der Waals surface area contributed by atoms with Crippen LogP contribution in [-0.2, 0) is 23.8 Å². The maximum Gasteiger partial charge on any atom is 0.306 e. The number of esters is 2. The van der Waals surface area contributed by atoms with Gasteiger partial charge in [0, 0.05) is 19.4 Å². The van der Waals surface area contributed by atoms with Gasteiger partial charge in [0.05, 0.1) is 6.61 Å². The molecule has 0 bridgehead atoms. The second kappa shape index (κ2) is 55.2. The van der Waals surface area contributed by atoms with Crippen molar-refractivity contribution in [2.45, 2.75) is 297 Å². The van der Waals surface area contributed by atoms with Crippen LogP contribution in [-0.4, -0.2) is 37.9 Å². The third kappa shape index (κ3) is 52.5. The molecule has 0 amide bonds. The second-order valence-electron chi connectivity index (χ2n) is 18.8. The normalized spacial score (nSPS) is 12.5. The first-order valence-electron chi connectivity index (χ1n) is 28.2. The van der Waals surface area contributed by atoms with Crippen LogP contribution in [0.15, 0.2) is 48.6 Å². The molecule has 0 spiro atoms. The second-order valence-corrected chi connectivity index (χ2v) is 18.8. The predicted molar refractivity (Wildman–Crippen MR) is 279 cm³/mol. The molecule has 1 unspecified atom stereocenters. The van der Waals surface area contributed by atoms with Crippen molar-refractivity contribution in [1.29, 1.82) is 0 Å². The van der Waals surface area contributed by atoms with E-state index in [1.54, 1.807) is 0 Å². The van der Waals surface area contributed by atoms with Gasteiger partial charge in [-0.05, 0) is 83.5 Å². The zero-order chi connectivity index (χ0) is 46.3. The monoisotopic (exact) mass is 897 g/mol. The Hall–Kier alpha value is -2.14.